The van der Waals surface area contributed by atoms with E-state index < -0.39 is 0 Å². The van der Waals surface area contributed by atoms with E-state index in [2.05, 4.69) is 17.6 Å². The van der Waals surface area contributed by atoms with E-state index in [1.807, 2.05) is 31.2 Å². The Kier molecular flexibility index (Phi) is 5.20. The van der Waals surface area contributed by atoms with E-state index in [4.69, 9.17) is 0 Å². The lowest BCUT2D eigenvalue weighted by molar-refractivity contribution is -0.127. The minimum atomic E-state index is -0.370. The zero-order valence-electron chi connectivity index (χ0n) is 12.7. The molecule has 5 nitrogen and oxygen atoms in total. The lowest BCUT2D eigenvalue weighted by Gasteiger charge is -2.35. The molecule has 1 unspecified atom stereocenters. The van der Waals surface area contributed by atoms with Crippen molar-refractivity contribution < 1.29 is 9.59 Å². The Hall–Kier alpha value is -2.04. The van der Waals surface area contributed by atoms with Gasteiger partial charge in [-0.05, 0) is 25.0 Å². The normalized spacial score (nSPS) is 18.3. The highest BCUT2D eigenvalue weighted by molar-refractivity contribution is 6.02. The van der Waals surface area contributed by atoms with Crippen molar-refractivity contribution >= 4 is 17.5 Å². The van der Waals surface area contributed by atoms with Gasteiger partial charge in [-0.25, -0.2) is 0 Å². The van der Waals surface area contributed by atoms with Crippen molar-refractivity contribution in [1.29, 1.82) is 0 Å². The molecule has 0 bridgehead atoms. The predicted molar refractivity (Wildman–Crippen MR) is 83.3 cm³/mol. The zero-order chi connectivity index (χ0) is 15.2. The van der Waals surface area contributed by atoms with Crippen molar-refractivity contribution in [2.75, 3.05) is 25.0 Å². The topological polar surface area (TPSA) is 61.4 Å². The molecule has 1 aromatic rings. The van der Waals surface area contributed by atoms with Gasteiger partial charge in [-0.1, -0.05) is 26.0 Å². The van der Waals surface area contributed by atoms with E-state index >= 15 is 0 Å². The van der Waals surface area contributed by atoms with Crippen molar-refractivity contribution in [3.05, 3.63) is 29.8 Å². The van der Waals surface area contributed by atoms with Gasteiger partial charge in [0.1, 0.15) is 6.04 Å². The number of carbonyl (C=O) groups is 2. The average Bonchev–Trinajstić information content (AvgIpc) is 2.52. The second-order valence-corrected chi connectivity index (χ2v) is 5.19. The molecule has 114 valence electrons. The van der Waals surface area contributed by atoms with Crippen LogP contribution in [-0.2, 0) is 4.79 Å². The summed E-state index contributed by atoms with van der Waals surface area (Å²) < 4.78 is 0. The first-order valence-electron chi connectivity index (χ1n) is 7.60. The highest BCUT2D eigenvalue weighted by Crippen LogP contribution is 2.20. The van der Waals surface area contributed by atoms with Gasteiger partial charge in [-0.3, -0.25) is 9.59 Å². The highest BCUT2D eigenvalue weighted by Gasteiger charge is 2.32. The van der Waals surface area contributed by atoms with Crippen LogP contribution in [0.2, 0.25) is 0 Å². The average molecular weight is 289 g/mol. The molecule has 1 fully saturated rings. The number of amides is 2. The Bertz CT molecular complexity index is 516. The molecule has 5 heteroatoms. The molecule has 1 aliphatic heterocycles. The maximum absolute atomic E-state index is 12.8. The van der Waals surface area contributed by atoms with Gasteiger partial charge in [-0.2, -0.15) is 0 Å². The first-order chi connectivity index (χ1) is 10.2. The van der Waals surface area contributed by atoms with Crippen molar-refractivity contribution in [3.63, 3.8) is 0 Å². The zero-order valence-corrected chi connectivity index (χ0v) is 12.7. The second-order valence-electron chi connectivity index (χ2n) is 5.19. The first-order valence-corrected chi connectivity index (χ1v) is 7.60. The van der Waals surface area contributed by atoms with Gasteiger partial charge in [-0.15, -0.1) is 0 Å². The van der Waals surface area contributed by atoms with Crippen LogP contribution in [-0.4, -0.2) is 42.4 Å². The van der Waals surface area contributed by atoms with E-state index in [9.17, 15) is 9.59 Å². The summed E-state index contributed by atoms with van der Waals surface area (Å²) in [6, 6.07) is 7.13. The predicted octanol–water partition coefficient (Wildman–Crippen LogP) is 1.86. The summed E-state index contributed by atoms with van der Waals surface area (Å²) in [5, 5.41) is 6.10. The molecule has 1 atom stereocenters. The first kappa shape index (κ1) is 15.4. The minimum Gasteiger partial charge on any atom is -0.384 e. The molecule has 2 amide bonds. The number of hydrogen-bond donors (Lipinski definition) is 2. The molecule has 1 aromatic carbocycles. The standard InChI is InChI=1S/C16H23N3O2/c1-3-9-17-13-8-6-5-7-12(13)16(21)19-11-10-18-15(20)14(19)4-2/h5-8,14,17H,3-4,9-11H2,1-2H3,(H,18,20). The summed E-state index contributed by atoms with van der Waals surface area (Å²) in [4.78, 5) is 26.4. The Labute approximate surface area is 125 Å². The molecule has 1 saturated heterocycles. The van der Waals surface area contributed by atoms with Crippen LogP contribution < -0.4 is 10.6 Å². The second kappa shape index (κ2) is 7.11. The number of hydrogen-bond acceptors (Lipinski definition) is 3. The van der Waals surface area contributed by atoms with E-state index in [1.165, 1.54) is 0 Å². The molecule has 1 aliphatic rings. The van der Waals surface area contributed by atoms with Crippen LogP contribution in [0.1, 0.15) is 37.0 Å². The van der Waals surface area contributed by atoms with Crippen LogP contribution in [0.5, 0.6) is 0 Å². The minimum absolute atomic E-state index is 0.0592. The number of nitrogens with one attached hydrogen (secondary N) is 2. The Balaban J connectivity index is 2.24. The largest absolute Gasteiger partial charge is 0.384 e. The quantitative estimate of drug-likeness (QED) is 0.870. The van der Waals surface area contributed by atoms with Crippen LogP contribution in [0.4, 0.5) is 5.69 Å². The molecule has 0 radical (unpaired) electrons. The Morgan fingerprint density at radius 3 is 2.86 bits per heavy atom. The van der Waals surface area contributed by atoms with Gasteiger partial charge < -0.3 is 15.5 Å². The summed E-state index contributed by atoms with van der Waals surface area (Å²) in [7, 11) is 0. The van der Waals surface area contributed by atoms with Crippen LogP contribution in [0.25, 0.3) is 0 Å². The fourth-order valence-corrected chi connectivity index (χ4v) is 2.60. The number of nitrogens with zero attached hydrogens (tertiary/aromatic N) is 1. The van der Waals surface area contributed by atoms with E-state index in [0.717, 1.165) is 18.7 Å². The molecule has 0 aromatic heterocycles. The maximum atomic E-state index is 12.8. The van der Waals surface area contributed by atoms with Crippen LogP contribution in [0, 0.1) is 0 Å². The number of para-hydroxylation sites is 1. The smallest absolute Gasteiger partial charge is 0.256 e. The Morgan fingerprint density at radius 2 is 2.14 bits per heavy atom. The third-order valence-electron chi connectivity index (χ3n) is 3.70. The van der Waals surface area contributed by atoms with Crippen LogP contribution in [0.3, 0.4) is 0 Å². The third kappa shape index (κ3) is 3.35. The van der Waals surface area contributed by atoms with Crippen molar-refractivity contribution in [3.8, 4) is 0 Å². The molecule has 2 N–H and O–H groups in total. The monoisotopic (exact) mass is 289 g/mol. The summed E-state index contributed by atoms with van der Waals surface area (Å²) in [5.74, 6) is -0.132. The lowest BCUT2D eigenvalue weighted by Crippen LogP contribution is -2.56. The van der Waals surface area contributed by atoms with Crippen LogP contribution in [0.15, 0.2) is 24.3 Å². The number of carbonyl (C=O) groups excluding carboxylic acids is 2. The van der Waals surface area contributed by atoms with Crippen molar-refractivity contribution in [2.45, 2.75) is 32.7 Å². The maximum Gasteiger partial charge on any atom is 0.256 e. The van der Waals surface area contributed by atoms with Gasteiger partial charge in [0, 0.05) is 25.3 Å². The van der Waals surface area contributed by atoms with Crippen molar-refractivity contribution in [1.82, 2.24) is 10.2 Å². The molecular formula is C16H23N3O2. The van der Waals surface area contributed by atoms with Gasteiger partial charge in [0.15, 0.2) is 0 Å². The summed E-state index contributed by atoms with van der Waals surface area (Å²) in [5.41, 5.74) is 1.48. The van der Waals surface area contributed by atoms with Gasteiger partial charge in [0.25, 0.3) is 5.91 Å². The van der Waals surface area contributed by atoms with Gasteiger partial charge in [0.2, 0.25) is 5.91 Å². The third-order valence-corrected chi connectivity index (χ3v) is 3.70. The lowest BCUT2D eigenvalue weighted by atomic mass is 10.1. The molecule has 2 rings (SSSR count). The molecule has 1 heterocycles. The summed E-state index contributed by atoms with van der Waals surface area (Å²) >= 11 is 0. The van der Waals surface area contributed by atoms with E-state index in [1.54, 1.807) is 4.90 Å². The van der Waals surface area contributed by atoms with E-state index in [-0.39, 0.29) is 17.9 Å². The number of piperazine rings is 1. The van der Waals surface area contributed by atoms with E-state index in [0.29, 0.717) is 25.1 Å². The highest BCUT2D eigenvalue weighted by atomic mass is 16.2. The molecule has 0 aliphatic carbocycles. The fraction of sp³-hybridized carbons (Fsp3) is 0.500. The SMILES string of the molecule is CCCNc1ccccc1C(=O)N1CCNC(=O)C1CC. The number of rotatable bonds is 5. The fourth-order valence-electron chi connectivity index (χ4n) is 2.60. The molecule has 0 spiro atoms. The molecule has 21 heavy (non-hydrogen) atoms. The number of benzene rings is 1. The summed E-state index contributed by atoms with van der Waals surface area (Å²) in [6.45, 7) is 5.91. The number of anilines is 1. The molecule has 0 saturated carbocycles. The van der Waals surface area contributed by atoms with Gasteiger partial charge in [0.05, 0.1) is 5.56 Å². The van der Waals surface area contributed by atoms with Crippen molar-refractivity contribution in [2.24, 2.45) is 0 Å². The van der Waals surface area contributed by atoms with Gasteiger partial charge >= 0.3 is 0 Å². The van der Waals surface area contributed by atoms with Crippen LogP contribution >= 0.6 is 0 Å². The summed E-state index contributed by atoms with van der Waals surface area (Å²) in [6.07, 6.45) is 1.62. The molecular weight excluding hydrogens is 266 g/mol. The Morgan fingerprint density at radius 1 is 1.38 bits per heavy atom.